The van der Waals surface area contributed by atoms with Crippen LogP contribution in [0.1, 0.15) is 10.4 Å². The van der Waals surface area contributed by atoms with Crippen molar-refractivity contribution >= 4 is 50.6 Å². The van der Waals surface area contributed by atoms with Gasteiger partial charge < -0.3 is 10.4 Å². The van der Waals surface area contributed by atoms with Gasteiger partial charge in [0, 0.05) is 22.6 Å². The van der Waals surface area contributed by atoms with E-state index in [4.69, 9.17) is 11.6 Å². The average Bonchev–Trinajstić information content (AvgIpc) is 3.16. The lowest BCUT2D eigenvalue weighted by atomic mass is 9.98. The van der Waals surface area contributed by atoms with Gasteiger partial charge in [0.05, 0.1) is 5.56 Å². The third-order valence-electron chi connectivity index (χ3n) is 3.69. The van der Waals surface area contributed by atoms with Crippen LogP contribution in [0.25, 0.3) is 22.5 Å². The monoisotopic (exact) mass is 345 g/mol. The number of aliphatic hydroxyl groups is 1. The Kier molecular flexibility index (Phi) is 3.45. The van der Waals surface area contributed by atoms with E-state index in [0.717, 1.165) is 32.1 Å². The van der Waals surface area contributed by atoms with Crippen molar-refractivity contribution in [3.63, 3.8) is 0 Å². The molecule has 3 aromatic rings. The first-order chi connectivity index (χ1) is 10.8. The fourth-order valence-corrected chi connectivity index (χ4v) is 4.83. The van der Waals surface area contributed by atoms with Crippen LogP contribution in [0.3, 0.4) is 0 Å². The fourth-order valence-electron chi connectivity index (χ4n) is 2.67. The molecule has 3 heterocycles. The summed E-state index contributed by atoms with van der Waals surface area (Å²) in [6, 6.07) is 14.0. The summed E-state index contributed by atoms with van der Waals surface area (Å²) in [6.07, 6.45) is 0. The molecule has 0 saturated carbocycles. The Hall–Kier alpha value is -1.75. The van der Waals surface area contributed by atoms with Crippen molar-refractivity contribution in [2.75, 3.05) is 11.9 Å². The van der Waals surface area contributed by atoms with Crippen LogP contribution in [-0.4, -0.2) is 11.7 Å². The van der Waals surface area contributed by atoms with Crippen LogP contribution >= 0.6 is 34.3 Å². The molecule has 110 valence electrons. The molecule has 5 heteroatoms. The van der Waals surface area contributed by atoms with Gasteiger partial charge in [-0.25, -0.2) is 0 Å². The maximum atomic E-state index is 10.8. The summed E-state index contributed by atoms with van der Waals surface area (Å²) in [5.74, 6) is 0.332. The Morgan fingerprint density at radius 3 is 2.59 bits per heavy atom. The molecule has 4 rings (SSSR count). The van der Waals surface area contributed by atoms with E-state index in [9.17, 15) is 5.11 Å². The predicted molar refractivity (Wildman–Crippen MR) is 97.0 cm³/mol. The zero-order valence-corrected chi connectivity index (χ0v) is 13.9. The third-order valence-corrected chi connectivity index (χ3v) is 5.98. The molecule has 2 aromatic heterocycles. The Labute approximate surface area is 141 Å². The molecule has 1 aliphatic heterocycles. The number of halogens is 1. The zero-order valence-electron chi connectivity index (χ0n) is 11.5. The van der Waals surface area contributed by atoms with Gasteiger partial charge in [0.1, 0.15) is 15.1 Å². The maximum Gasteiger partial charge on any atom is 0.132 e. The lowest BCUT2D eigenvalue weighted by Crippen LogP contribution is -2.11. The highest BCUT2D eigenvalue weighted by molar-refractivity contribution is 7.21. The second kappa shape index (κ2) is 5.47. The van der Waals surface area contributed by atoms with Crippen LogP contribution < -0.4 is 5.32 Å². The van der Waals surface area contributed by atoms with Gasteiger partial charge in [0.25, 0.3) is 0 Å². The summed E-state index contributed by atoms with van der Waals surface area (Å²) in [6.45, 7) is 0.615. The minimum Gasteiger partial charge on any atom is -0.507 e. The Morgan fingerprint density at radius 1 is 1.05 bits per heavy atom. The molecule has 0 unspecified atom stereocenters. The molecule has 0 atom stereocenters. The van der Waals surface area contributed by atoms with E-state index in [1.54, 1.807) is 11.3 Å². The van der Waals surface area contributed by atoms with Crippen molar-refractivity contribution < 1.29 is 5.11 Å². The van der Waals surface area contributed by atoms with Crippen LogP contribution in [0.2, 0.25) is 4.34 Å². The van der Waals surface area contributed by atoms with Crippen molar-refractivity contribution in [3.8, 4) is 11.1 Å². The van der Waals surface area contributed by atoms with Crippen molar-refractivity contribution in [3.05, 3.63) is 62.6 Å². The first kappa shape index (κ1) is 13.9. The molecule has 1 aromatic carbocycles. The summed E-state index contributed by atoms with van der Waals surface area (Å²) >= 11 is 9.56. The number of nitrogens with one attached hydrogen (secondary N) is 1. The molecule has 1 aliphatic rings. The number of anilines is 1. The van der Waals surface area contributed by atoms with Crippen molar-refractivity contribution in [2.24, 2.45) is 0 Å². The molecule has 0 spiro atoms. The van der Waals surface area contributed by atoms with E-state index in [0.29, 0.717) is 16.6 Å². The Bertz CT molecular complexity index is 850. The molecule has 0 aliphatic carbocycles. The topological polar surface area (TPSA) is 32.3 Å². The molecule has 0 saturated heterocycles. The number of rotatable bonds is 2. The highest BCUT2D eigenvalue weighted by atomic mass is 35.5. The van der Waals surface area contributed by atoms with Crippen LogP contribution in [0.5, 0.6) is 0 Å². The zero-order chi connectivity index (χ0) is 15.1. The van der Waals surface area contributed by atoms with Gasteiger partial charge in [0.15, 0.2) is 0 Å². The van der Waals surface area contributed by atoms with Crippen LogP contribution in [0.15, 0.2) is 47.8 Å². The van der Waals surface area contributed by atoms with Crippen LogP contribution in [-0.2, 0) is 0 Å². The van der Waals surface area contributed by atoms with Crippen LogP contribution in [0, 0.1) is 0 Å². The van der Waals surface area contributed by atoms with Crippen LogP contribution in [0.4, 0.5) is 5.00 Å². The fraction of sp³-hybridized carbons (Fsp3) is 0.0588. The molecular weight excluding hydrogens is 334 g/mol. The summed E-state index contributed by atoms with van der Waals surface area (Å²) < 4.78 is 0.697. The minimum absolute atomic E-state index is 0.332. The van der Waals surface area contributed by atoms with Crippen molar-refractivity contribution in [2.45, 2.75) is 0 Å². The highest BCUT2D eigenvalue weighted by Gasteiger charge is 2.27. The largest absolute Gasteiger partial charge is 0.507 e. The van der Waals surface area contributed by atoms with Gasteiger partial charge in [0.2, 0.25) is 0 Å². The molecule has 2 N–H and O–H groups in total. The third kappa shape index (κ3) is 2.15. The number of hydrogen-bond acceptors (Lipinski definition) is 4. The number of fused-ring (bicyclic) bond motifs is 1. The lowest BCUT2D eigenvalue weighted by Gasteiger charge is -2.19. The van der Waals surface area contributed by atoms with Gasteiger partial charge in [-0.1, -0.05) is 48.0 Å². The van der Waals surface area contributed by atoms with Gasteiger partial charge in [-0.3, -0.25) is 0 Å². The minimum atomic E-state index is 0.332. The van der Waals surface area contributed by atoms with Crippen molar-refractivity contribution in [1.82, 2.24) is 0 Å². The molecule has 2 nitrogen and oxygen atoms in total. The number of thiophene rings is 2. The van der Waals surface area contributed by atoms with E-state index in [-0.39, 0.29) is 0 Å². The van der Waals surface area contributed by atoms with Gasteiger partial charge in [-0.05, 0) is 17.0 Å². The van der Waals surface area contributed by atoms with E-state index < -0.39 is 0 Å². The van der Waals surface area contributed by atoms with E-state index >= 15 is 0 Å². The molecule has 22 heavy (non-hydrogen) atoms. The van der Waals surface area contributed by atoms with Crippen molar-refractivity contribution in [1.29, 1.82) is 0 Å². The molecule has 0 bridgehead atoms. The quantitative estimate of drug-likeness (QED) is 0.598. The van der Waals surface area contributed by atoms with E-state index in [1.165, 1.54) is 11.3 Å². The first-order valence-electron chi connectivity index (χ1n) is 6.83. The second-order valence-corrected chi connectivity index (χ2v) is 7.55. The summed E-state index contributed by atoms with van der Waals surface area (Å²) in [5.41, 5.74) is 3.66. The summed E-state index contributed by atoms with van der Waals surface area (Å²) in [4.78, 5) is 1.08. The standard InChI is InChI=1S/C17H12ClNOS2/c18-16-13(10-5-2-1-3-6-10)14-15(20)11(9-19-17(14)22-16)12-7-4-8-21-12/h1-8,19-20H,9H2. The molecule has 0 fully saturated rings. The Balaban J connectivity index is 1.95. The van der Waals surface area contributed by atoms with Gasteiger partial charge >= 0.3 is 0 Å². The van der Waals surface area contributed by atoms with E-state index in [1.807, 2.05) is 47.8 Å². The smallest absolute Gasteiger partial charge is 0.132 e. The summed E-state index contributed by atoms with van der Waals surface area (Å²) in [7, 11) is 0. The number of benzene rings is 1. The number of aliphatic hydroxyl groups excluding tert-OH is 1. The average molecular weight is 346 g/mol. The Morgan fingerprint density at radius 2 is 1.86 bits per heavy atom. The predicted octanol–water partition coefficient (Wildman–Crippen LogP) is 5.98. The molecule has 0 radical (unpaired) electrons. The lowest BCUT2D eigenvalue weighted by molar-refractivity contribution is 0.513. The maximum absolute atomic E-state index is 10.8. The highest BCUT2D eigenvalue weighted by Crippen LogP contribution is 2.49. The SMILES string of the molecule is OC1=C(c2cccs2)CNc2sc(Cl)c(-c3ccccc3)c21. The van der Waals surface area contributed by atoms with Gasteiger partial charge in [-0.2, -0.15) is 0 Å². The van der Waals surface area contributed by atoms with Gasteiger partial charge in [-0.15, -0.1) is 22.7 Å². The summed E-state index contributed by atoms with van der Waals surface area (Å²) in [5, 5.41) is 17.2. The first-order valence-corrected chi connectivity index (χ1v) is 8.91. The molecular formula is C17H12ClNOS2. The normalized spacial score (nSPS) is 13.9. The van der Waals surface area contributed by atoms with E-state index in [2.05, 4.69) is 5.32 Å². The number of hydrogen-bond donors (Lipinski definition) is 2. The second-order valence-electron chi connectivity index (χ2n) is 4.98. The molecule has 0 amide bonds.